The van der Waals surface area contributed by atoms with Gasteiger partial charge in [-0.25, -0.2) is 9.78 Å². The molecule has 0 aliphatic rings. The summed E-state index contributed by atoms with van der Waals surface area (Å²) >= 11 is 0. The predicted octanol–water partition coefficient (Wildman–Crippen LogP) is 4.07. The third-order valence-electron chi connectivity index (χ3n) is 5.93. The number of halogens is 3. The summed E-state index contributed by atoms with van der Waals surface area (Å²) in [6.45, 7) is 5.91. The van der Waals surface area contributed by atoms with Gasteiger partial charge in [-0.2, -0.15) is 18.3 Å². The van der Waals surface area contributed by atoms with Gasteiger partial charge in [-0.15, -0.1) is 0 Å². The van der Waals surface area contributed by atoms with Crippen molar-refractivity contribution >= 4 is 11.2 Å². The van der Waals surface area contributed by atoms with Crippen LogP contribution in [0, 0.1) is 0 Å². The van der Waals surface area contributed by atoms with Crippen molar-refractivity contribution < 1.29 is 17.7 Å². The minimum atomic E-state index is -4.42. The highest BCUT2D eigenvalue weighted by molar-refractivity contribution is 5.75. The summed E-state index contributed by atoms with van der Waals surface area (Å²) in [5.74, 6) is 0.708. The van der Waals surface area contributed by atoms with Crippen LogP contribution >= 0.6 is 0 Å². The van der Waals surface area contributed by atoms with Crippen LogP contribution in [0.2, 0.25) is 0 Å². The Hall–Kier alpha value is -4.42. The number of nitrogens with one attached hydrogen (secondary N) is 1. The Kier molecular flexibility index (Phi) is 5.85. The van der Waals surface area contributed by atoms with Gasteiger partial charge in [-0.05, 0) is 32.9 Å². The number of benzene rings is 1. The molecule has 0 spiro atoms. The van der Waals surface area contributed by atoms with Gasteiger partial charge in [-0.1, -0.05) is 17.3 Å². The lowest BCUT2D eigenvalue weighted by Gasteiger charge is -2.11. The fourth-order valence-electron chi connectivity index (χ4n) is 4.10. The Morgan fingerprint density at radius 2 is 1.84 bits per heavy atom. The zero-order chi connectivity index (χ0) is 26.5. The highest BCUT2D eigenvalue weighted by Crippen LogP contribution is 2.31. The molecule has 0 aliphatic carbocycles. The maximum Gasteiger partial charge on any atom is 0.416 e. The van der Waals surface area contributed by atoms with E-state index in [4.69, 9.17) is 4.52 Å². The third-order valence-corrected chi connectivity index (χ3v) is 5.93. The topological polar surface area (TPSA) is 117 Å². The van der Waals surface area contributed by atoms with Crippen molar-refractivity contribution in [2.75, 3.05) is 0 Å². The van der Waals surface area contributed by atoms with Crippen molar-refractivity contribution in [3.8, 4) is 22.7 Å². The molecule has 1 N–H and O–H groups in total. The first-order valence-electron chi connectivity index (χ1n) is 11.5. The highest BCUT2D eigenvalue weighted by atomic mass is 19.4. The number of alkyl halides is 3. The number of rotatable bonds is 6. The maximum atomic E-state index is 12.9. The first-order chi connectivity index (χ1) is 17.6. The van der Waals surface area contributed by atoms with Crippen LogP contribution in [0.4, 0.5) is 13.2 Å². The molecule has 0 bridgehead atoms. The fraction of sp³-hybridized carbons (Fsp3) is 0.292. The third kappa shape index (κ3) is 4.36. The van der Waals surface area contributed by atoms with Crippen LogP contribution in [0.25, 0.3) is 33.9 Å². The van der Waals surface area contributed by atoms with Crippen molar-refractivity contribution in [3.05, 3.63) is 74.8 Å². The number of nitrogens with zero attached hydrogens (tertiary/aromatic N) is 6. The van der Waals surface area contributed by atoms with E-state index in [1.165, 1.54) is 21.3 Å². The molecule has 0 radical (unpaired) electrons. The zero-order valence-corrected chi connectivity index (χ0v) is 20.1. The van der Waals surface area contributed by atoms with Gasteiger partial charge < -0.3 is 9.51 Å². The average Bonchev–Trinajstić information content (AvgIpc) is 3.59. The summed E-state index contributed by atoms with van der Waals surface area (Å²) in [6.07, 6.45) is -1.16. The number of hydrogen-bond donors (Lipinski definition) is 1. The van der Waals surface area contributed by atoms with Gasteiger partial charge in [0.15, 0.2) is 11.4 Å². The van der Waals surface area contributed by atoms with Crippen LogP contribution in [0.15, 0.2) is 56.8 Å². The number of aryl methyl sites for hydroxylation is 1. The molecule has 0 amide bonds. The SMILES string of the molecule is CCn1c(=O)n(C(C)C)c(=O)c2[nH]c(-c3cnn(Cc4cc(-c5ccc(C(F)(F)F)cc5)on4)c3)nc21. The molecule has 0 fully saturated rings. The number of imidazole rings is 1. The standard InChI is InChI=1S/C24H22F3N7O3/c1-4-33-21-19(22(35)34(13(2)3)23(33)36)29-20(30-21)15-10-28-32(11-15)12-17-9-18(37-31-17)14-5-7-16(8-6-14)24(25,26)27/h5-11,13H,4,12H2,1-3H3,(H,29,30). The van der Waals surface area contributed by atoms with Crippen molar-refractivity contribution in [1.82, 2.24) is 34.0 Å². The van der Waals surface area contributed by atoms with E-state index in [2.05, 4.69) is 20.2 Å². The summed E-state index contributed by atoms with van der Waals surface area (Å²) < 4.78 is 47.9. The van der Waals surface area contributed by atoms with Crippen molar-refractivity contribution in [3.63, 3.8) is 0 Å². The Morgan fingerprint density at radius 3 is 2.49 bits per heavy atom. The predicted molar refractivity (Wildman–Crippen MR) is 128 cm³/mol. The highest BCUT2D eigenvalue weighted by Gasteiger charge is 2.30. The molecule has 0 aliphatic heterocycles. The van der Waals surface area contributed by atoms with Gasteiger partial charge in [-0.3, -0.25) is 18.6 Å². The lowest BCUT2D eigenvalue weighted by Crippen LogP contribution is -2.40. The summed E-state index contributed by atoms with van der Waals surface area (Å²) in [6, 6.07) is 5.93. The van der Waals surface area contributed by atoms with Crippen molar-refractivity contribution in [1.29, 1.82) is 0 Å². The molecule has 192 valence electrons. The monoisotopic (exact) mass is 513 g/mol. The van der Waals surface area contributed by atoms with Crippen molar-refractivity contribution in [2.24, 2.45) is 0 Å². The van der Waals surface area contributed by atoms with Crippen LogP contribution in [-0.4, -0.2) is 34.0 Å². The molecule has 37 heavy (non-hydrogen) atoms. The molecule has 1 aromatic carbocycles. The van der Waals surface area contributed by atoms with E-state index in [1.807, 2.05) is 0 Å². The molecule has 13 heteroatoms. The molecule has 0 saturated heterocycles. The van der Waals surface area contributed by atoms with Crippen LogP contribution in [0.3, 0.4) is 0 Å². The quantitative estimate of drug-likeness (QED) is 0.366. The van der Waals surface area contributed by atoms with E-state index < -0.39 is 23.0 Å². The second kappa shape index (κ2) is 8.91. The normalized spacial score (nSPS) is 12.2. The molecule has 0 saturated carbocycles. The Bertz CT molecular complexity index is 1700. The molecule has 5 rings (SSSR count). The van der Waals surface area contributed by atoms with Gasteiger partial charge >= 0.3 is 11.9 Å². The largest absolute Gasteiger partial charge is 0.416 e. The minimum absolute atomic E-state index is 0.226. The van der Waals surface area contributed by atoms with Crippen LogP contribution in [-0.2, 0) is 19.3 Å². The average molecular weight is 513 g/mol. The summed E-state index contributed by atoms with van der Waals surface area (Å²) in [5, 5.41) is 8.29. The number of fused-ring (bicyclic) bond motifs is 1. The lowest BCUT2D eigenvalue weighted by atomic mass is 10.1. The first kappa shape index (κ1) is 24.3. The van der Waals surface area contributed by atoms with E-state index in [0.29, 0.717) is 35.0 Å². The lowest BCUT2D eigenvalue weighted by molar-refractivity contribution is -0.137. The number of hydrogen-bond acceptors (Lipinski definition) is 6. The molecular formula is C24H22F3N7O3. The van der Waals surface area contributed by atoms with Crippen LogP contribution < -0.4 is 11.2 Å². The van der Waals surface area contributed by atoms with Gasteiger partial charge in [0, 0.05) is 30.4 Å². The van der Waals surface area contributed by atoms with E-state index in [1.54, 1.807) is 43.9 Å². The molecule has 4 heterocycles. The smallest absolute Gasteiger partial charge is 0.356 e. The summed E-state index contributed by atoms with van der Waals surface area (Å²) in [5.41, 5.74) is 0.462. The molecule has 5 aromatic rings. The van der Waals surface area contributed by atoms with E-state index in [-0.39, 0.29) is 23.8 Å². The van der Waals surface area contributed by atoms with Gasteiger partial charge in [0.25, 0.3) is 5.56 Å². The van der Waals surface area contributed by atoms with Crippen molar-refractivity contribution in [2.45, 2.75) is 46.1 Å². The number of H-pyrrole nitrogens is 1. The zero-order valence-electron chi connectivity index (χ0n) is 20.1. The summed E-state index contributed by atoms with van der Waals surface area (Å²) in [4.78, 5) is 33.2. The molecular weight excluding hydrogens is 491 g/mol. The second-order valence-corrected chi connectivity index (χ2v) is 8.76. The van der Waals surface area contributed by atoms with Gasteiger partial charge in [0.2, 0.25) is 0 Å². The Labute approximate surface area is 207 Å². The van der Waals surface area contributed by atoms with E-state index >= 15 is 0 Å². The first-order valence-corrected chi connectivity index (χ1v) is 11.5. The summed E-state index contributed by atoms with van der Waals surface area (Å²) in [7, 11) is 0. The Morgan fingerprint density at radius 1 is 1.11 bits per heavy atom. The van der Waals surface area contributed by atoms with Crippen LogP contribution in [0.1, 0.15) is 38.1 Å². The second-order valence-electron chi connectivity index (χ2n) is 8.76. The molecule has 0 atom stereocenters. The molecule has 0 unspecified atom stereocenters. The van der Waals surface area contributed by atoms with Crippen LogP contribution in [0.5, 0.6) is 0 Å². The van der Waals surface area contributed by atoms with Gasteiger partial charge in [0.1, 0.15) is 17.0 Å². The van der Waals surface area contributed by atoms with E-state index in [9.17, 15) is 22.8 Å². The number of aromatic amines is 1. The van der Waals surface area contributed by atoms with E-state index in [0.717, 1.165) is 12.1 Å². The maximum absolute atomic E-state index is 12.9. The minimum Gasteiger partial charge on any atom is -0.356 e. The van der Waals surface area contributed by atoms with Gasteiger partial charge in [0.05, 0.1) is 23.9 Å². The Balaban J connectivity index is 1.41. The molecule has 10 nitrogen and oxygen atoms in total. The number of aromatic nitrogens is 7. The molecule has 4 aromatic heterocycles. The fourth-order valence-corrected chi connectivity index (χ4v) is 4.10.